The van der Waals surface area contributed by atoms with Crippen molar-refractivity contribution in [1.29, 1.82) is 0 Å². The van der Waals surface area contributed by atoms with Crippen LogP contribution in [0.4, 0.5) is 0 Å². The SMILES string of the molecule is Cc1ccc(-n2c(SCC(=O)c3cc(C)n(Cc4ccco4)c3C)nc3ccccc3c2=O)c(C)c1. The zero-order valence-electron chi connectivity index (χ0n) is 20.7. The highest BCUT2D eigenvalue weighted by Gasteiger charge is 2.20. The maximum atomic E-state index is 13.6. The summed E-state index contributed by atoms with van der Waals surface area (Å²) in [5.74, 6) is 0.997. The van der Waals surface area contributed by atoms with Crippen LogP contribution in [0.2, 0.25) is 0 Å². The quantitative estimate of drug-likeness (QED) is 0.156. The molecule has 0 spiro atoms. The van der Waals surface area contributed by atoms with E-state index in [1.165, 1.54) is 11.8 Å². The molecule has 0 unspecified atom stereocenters. The van der Waals surface area contributed by atoms with Crippen molar-refractivity contribution in [1.82, 2.24) is 14.1 Å². The number of para-hydroxylation sites is 1. The summed E-state index contributed by atoms with van der Waals surface area (Å²) in [6, 6.07) is 19.0. The molecule has 0 bridgehead atoms. The molecule has 5 aromatic rings. The van der Waals surface area contributed by atoms with Gasteiger partial charge in [0, 0.05) is 17.0 Å². The number of fused-ring (bicyclic) bond motifs is 1. The van der Waals surface area contributed by atoms with E-state index in [1.54, 1.807) is 16.9 Å². The van der Waals surface area contributed by atoms with Crippen molar-refractivity contribution in [2.24, 2.45) is 0 Å². The molecule has 182 valence electrons. The normalized spacial score (nSPS) is 11.3. The number of carbonyl (C=O) groups is 1. The molecule has 3 aromatic heterocycles. The van der Waals surface area contributed by atoms with Gasteiger partial charge in [-0.2, -0.15) is 0 Å². The maximum absolute atomic E-state index is 13.6. The van der Waals surface area contributed by atoms with Crippen molar-refractivity contribution in [3.05, 3.63) is 111 Å². The van der Waals surface area contributed by atoms with E-state index in [2.05, 4.69) is 4.57 Å². The number of aryl methyl sites for hydroxylation is 3. The van der Waals surface area contributed by atoms with Gasteiger partial charge in [-0.1, -0.05) is 41.6 Å². The van der Waals surface area contributed by atoms with Crippen LogP contribution in [-0.4, -0.2) is 25.7 Å². The van der Waals surface area contributed by atoms with E-state index < -0.39 is 0 Å². The second-order valence-corrected chi connectivity index (χ2v) is 9.95. The number of carbonyl (C=O) groups excluding carboxylic acids is 1. The molecule has 0 aliphatic heterocycles. The van der Waals surface area contributed by atoms with Crippen LogP contribution in [0.1, 0.15) is 38.6 Å². The monoisotopic (exact) mass is 497 g/mol. The second kappa shape index (κ2) is 9.66. The van der Waals surface area contributed by atoms with Crippen LogP contribution in [0.5, 0.6) is 0 Å². The van der Waals surface area contributed by atoms with Gasteiger partial charge in [0.25, 0.3) is 5.56 Å². The number of Topliss-reactive ketones (excluding diaryl/α,β-unsaturated/α-hetero) is 1. The Hall–Kier alpha value is -3.84. The molecule has 36 heavy (non-hydrogen) atoms. The Morgan fingerprint density at radius 1 is 1.00 bits per heavy atom. The first-order chi connectivity index (χ1) is 17.3. The van der Waals surface area contributed by atoms with Gasteiger partial charge < -0.3 is 8.98 Å². The highest BCUT2D eigenvalue weighted by atomic mass is 32.2. The summed E-state index contributed by atoms with van der Waals surface area (Å²) in [7, 11) is 0. The largest absolute Gasteiger partial charge is 0.467 e. The number of hydrogen-bond acceptors (Lipinski definition) is 5. The zero-order valence-corrected chi connectivity index (χ0v) is 21.6. The lowest BCUT2D eigenvalue weighted by atomic mass is 10.1. The van der Waals surface area contributed by atoms with Gasteiger partial charge in [-0.05, 0) is 69.7 Å². The third-order valence-corrected chi connectivity index (χ3v) is 7.38. The molecule has 0 saturated heterocycles. The fourth-order valence-electron chi connectivity index (χ4n) is 4.57. The summed E-state index contributed by atoms with van der Waals surface area (Å²) in [6.45, 7) is 8.52. The van der Waals surface area contributed by atoms with Crippen molar-refractivity contribution in [2.75, 3.05) is 5.75 Å². The third-order valence-electron chi connectivity index (χ3n) is 6.44. The van der Waals surface area contributed by atoms with Gasteiger partial charge in [0.15, 0.2) is 10.9 Å². The number of aromatic nitrogens is 3. The molecule has 0 saturated carbocycles. The van der Waals surface area contributed by atoms with Crippen LogP contribution in [0.25, 0.3) is 16.6 Å². The van der Waals surface area contributed by atoms with Crippen LogP contribution in [0.15, 0.2) is 81.3 Å². The Balaban J connectivity index is 1.50. The molecular formula is C29H27N3O3S. The van der Waals surface area contributed by atoms with Crippen molar-refractivity contribution >= 4 is 28.4 Å². The zero-order chi connectivity index (χ0) is 25.4. The minimum atomic E-state index is -0.140. The highest BCUT2D eigenvalue weighted by Crippen LogP contribution is 2.26. The Labute approximate surface area is 213 Å². The van der Waals surface area contributed by atoms with Crippen LogP contribution in [0, 0.1) is 27.7 Å². The Morgan fingerprint density at radius 3 is 2.56 bits per heavy atom. The maximum Gasteiger partial charge on any atom is 0.266 e. The number of hydrogen-bond donors (Lipinski definition) is 0. The predicted octanol–water partition coefficient (Wildman–Crippen LogP) is 6.04. The first kappa shape index (κ1) is 23.9. The summed E-state index contributed by atoms with van der Waals surface area (Å²) < 4.78 is 9.20. The summed E-state index contributed by atoms with van der Waals surface area (Å²) in [6.07, 6.45) is 1.65. The fraction of sp³-hybridized carbons (Fsp3) is 0.207. The molecule has 7 heteroatoms. The molecular weight excluding hydrogens is 470 g/mol. The van der Waals surface area contributed by atoms with Gasteiger partial charge in [0.05, 0.1) is 35.2 Å². The number of furan rings is 1. The summed E-state index contributed by atoms with van der Waals surface area (Å²) >= 11 is 1.29. The minimum absolute atomic E-state index is 0.00613. The Bertz CT molecular complexity index is 1640. The molecule has 3 heterocycles. The van der Waals surface area contributed by atoms with E-state index in [4.69, 9.17) is 9.40 Å². The lowest BCUT2D eigenvalue weighted by molar-refractivity contribution is 0.102. The standard InChI is InChI=1S/C29H27N3O3S/c1-18-11-12-26(19(2)14-18)32-28(34)23-9-5-6-10-25(23)30-29(32)36-17-27(33)24-15-20(3)31(21(24)4)16-22-8-7-13-35-22/h5-15H,16-17H2,1-4H3. The van der Waals surface area contributed by atoms with Gasteiger partial charge >= 0.3 is 0 Å². The summed E-state index contributed by atoms with van der Waals surface area (Å²) in [4.78, 5) is 31.7. The first-order valence-corrected chi connectivity index (χ1v) is 12.8. The number of nitrogens with zero attached hydrogens (tertiary/aromatic N) is 3. The predicted molar refractivity (Wildman–Crippen MR) is 144 cm³/mol. The minimum Gasteiger partial charge on any atom is -0.467 e. The van der Waals surface area contributed by atoms with Gasteiger partial charge in [-0.25, -0.2) is 4.98 Å². The Morgan fingerprint density at radius 2 is 1.81 bits per heavy atom. The van der Waals surface area contributed by atoms with E-state index in [0.29, 0.717) is 28.2 Å². The fourth-order valence-corrected chi connectivity index (χ4v) is 5.46. The van der Waals surface area contributed by atoms with Crippen molar-refractivity contribution in [3.8, 4) is 5.69 Å². The number of thioether (sulfide) groups is 1. The molecule has 0 aliphatic rings. The number of benzene rings is 2. The van der Waals surface area contributed by atoms with Crippen LogP contribution >= 0.6 is 11.8 Å². The summed E-state index contributed by atoms with van der Waals surface area (Å²) in [5.41, 5.74) is 5.91. The molecule has 2 aromatic carbocycles. The highest BCUT2D eigenvalue weighted by molar-refractivity contribution is 7.99. The molecule has 0 fully saturated rings. The van der Waals surface area contributed by atoms with E-state index in [-0.39, 0.29) is 17.1 Å². The van der Waals surface area contributed by atoms with E-state index in [1.807, 2.05) is 82.3 Å². The topological polar surface area (TPSA) is 70.0 Å². The van der Waals surface area contributed by atoms with Gasteiger partial charge in [0.1, 0.15) is 5.76 Å². The molecule has 6 nitrogen and oxygen atoms in total. The van der Waals surface area contributed by atoms with Crippen molar-refractivity contribution in [2.45, 2.75) is 39.4 Å². The molecule has 5 rings (SSSR count). The molecule has 0 amide bonds. The van der Waals surface area contributed by atoms with Gasteiger partial charge in [-0.3, -0.25) is 14.2 Å². The van der Waals surface area contributed by atoms with Gasteiger partial charge in [-0.15, -0.1) is 0 Å². The average Bonchev–Trinajstić information content (AvgIpc) is 3.47. The lowest BCUT2D eigenvalue weighted by Crippen LogP contribution is -2.23. The van der Waals surface area contributed by atoms with Crippen LogP contribution in [-0.2, 0) is 6.54 Å². The smallest absolute Gasteiger partial charge is 0.266 e. The molecule has 0 radical (unpaired) electrons. The Kier molecular flexibility index (Phi) is 6.41. The van der Waals surface area contributed by atoms with E-state index >= 15 is 0 Å². The lowest BCUT2D eigenvalue weighted by Gasteiger charge is -2.15. The van der Waals surface area contributed by atoms with E-state index in [9.17, 15) is 9.59 Å². The van der Waals surface area contributed by atoms with Crippen molar-refractivity contribution < 1.29 is 9.21 Å². The average molecular weight is 498 g/mol. The van der Waals surface area contributed by atoms with E-state index in [0.717, 1.165) is 34.0 Å². The molecule has 0 N–H and O–H groups in total. The number of rotatable bonds is 7. The second-order valence-electron chi connectivity index (χ2n) is 9.00. The summed E-state index contributed by atoms with van der Waals surface area (Å²) in [5, 5.41) is 1.05. The third kappa shape index (κ3) is 4.42. The number of ketones is 1. The van der Waals surface area contributed by atoms with Crippen molar-refractivity contribution in [3.63, 3.8) is 0 Å². The van der Waals surface area contributed by atoms with Gasteiger partial charge in [0.2, 0.25) is 0 Å². The van der Waals surface area contributed by atoms with Crippen LogP contribution < -0.4 is 5.56 Å². The molecule has 0 atom stereocenters. The van der Waals surface area contributed by atoms with Crippen LogP contribution in [0.3, 0.4) is 0 Å². The first-order valence-electron chi connectivity index (χ1n) is 11.8. The molecule has 0 aliphatic carbocycles.